The number of hydrogen-bond acceptors (Lipinski definition) is 7. The van der Waals surface area contributed by atoms with Gasteiger partial charge in [0.1, 0.15) is 22.6 Å². The number of nitrogens with one attached hydrogen (secondary N) is 2. The Balaban J connectivity index is 1.78. The Morgan fingerprint density at radius 2 is 1.93 bits per heavy atom. The van der Waals surface area contributed by atoms with Crippen molar-refractivity contribution in [2.45, 2.75) is 57.2 Å². The van der Waals surface area contributed by atoms with Crippen LogP contribution in [0, 0.1) is 0 Å². The van der Waals surface area contributed by atoms with E-state index in [2.05, 4.69) is 25.8 Å². The Hall–Kier alpha value is -2.89. The molecule has 12 heteroatoms. The molecule has 1 aliphatic carbocycles. The van der Waals surface area contributed by atoms with E-state index >= 15 is 0 Å². The van der Waals surface area contributed by atoms with Gasteiger partial charge >= 0.3 is 6.18 Å². The number of nitrogens with two attached hydrogens (primary N) is 1. The van der Waals surface area contributed by atoms with E-state index in [1.807, 2.05) is 13.8 Å². The van der Waals surface area contributed by atoms with E-state index in [9.17, 15) is 13.2 Å². The molecule has 1 fully saturated rings. The lowest BCUT2D eigenvalue weighted by atomic mass is 10.0. The fourth-order valence-corrected chi connectivity index (χ4v) is 3.35. The first-order chi connectivity index (χ1) is 14.1. The number of hydrogen-bond donors (Lipinski definition) is 3. The number of alkyl halides is 3. The average Bonchev–Trinajstić information content (AvgIpc) is 3.17. The van der Waals surface area contributed by atoms with Crippen molar-refractivity contribution in [2.24, 2.45) is 10.7 Å². The van der Waals surface area contributed by atoms with E-state index in [0.717, 1.165) is 19.0 Å². The Morgan fingerprint density at radius 1 is 1.27 bits per heavy atom. The second-order valence-corrected chi connectivity index (χ2v) is 7.93. The lowest BCUT2D eigenvalue weighted by Gasteiger charge is -2.32. The molecule has 1 unspecified atom stereocenters. The number of nitrogens with zero attached hydrogens (tertiary/aromatic N) is 6. The molecule has 162 valence electrons. The van der Waals surface area contributed by atoms with Gasteiger partial charge in [-0.3, -0.25) is 10.4 Å². The van der Waals surface area contributed by atoms with Gasteiger partial charge in [-0.15, -0.1) is 0 Å². The van der Waals surface area contributed by atoms with Crippen LogP contribution in [0.1, 0.15) is 51.0 Å². The maximum Gasteiger partial charge on any atom is 0.421 e. The maximum atomic E-state index is 13.4. The number of aliphatic imine (C=N–C) groups is 1. The van der Waals surface area contributed by atoms with Gasteiger partial charge in [-0.1, -0.05) is 0 Å². The molecule has 2 aliphatic rings. The molecule has 1 aliphatic heterocycles. The smallest absolute Gasteiger partial charge is 0.370 e. The molecule has 1 saturated carbocycles. The molecule has 3 heterocycles. The van der Waals surface area contributed by atoms with Gasteiger partial charge in [-0.05, 0) is 39.7 Å². The first kappa shape index (κ1) is 20.4. The molecule has 0 amide bonds. The van der Waals surface area contributed by atoms with Gasteiger partial charge < -0.3 is 10.6 Å². The summed E-state index contributed by atoms with van der Waals surface area (Å²) in [6.07, 6.45) is 1.28. The molecular formula is C18H24F3N9. The Kier molecular flexibility index (Phi) is 4.64. The van der Waals surface area contributed by atoms with E-state index in [4.69, 9.17) is 10.8 Å². The third-order valence-corrected chi connectivity index (χ3v) is 5.19. The summed E-state index contributed by atoms with van der Waals surface area (Å²) in [5.41, 5.74) is 6.03. The number of likely N-dealkylation sites (N-methyl/N-ethyl adjacent to an activating group) is 1. The van der Waals surface area contributed by atoms with Crippen molar-refractivity contribution in [3.05, 3.63) is 41.6 Å². The van der Waals surface area contributed by atoms with Crippen molar-refractivity contribution in [1.29, 1.82) is 0 Å². The van der Waals surface area contributed by atoms with Gasteiger partial charge in [0.2, 0.25) is 5.79 Å². The average molecular weight is 423 g/mol. The summed E-state index contributed by atoms with van der Waals surface area (Å²) < 4.78 is 42.0. The number of aromatic nitrogens is 5. The summed E-state index contributed by atoms with van der Waals surface area (Å²) in [6, 6.07) is 1.89. The van der Waals surface area contributed by atoms with Crippen LogP contribution in [0.3, 0.4) is 0 Å². The normalized spacial score (nSPS) is 22.4. The van der Waals surface area contributed by atoms with Crippen LogP contribution in [0.5, 0.6) is 0 Å². The zero-order valence-electron chi connectivity index (χ0n) is 16.9. The highest BCUT2D eigenvalue weighted by Gasteiger charge is 2.45. The van der Waals surface area contributed by atoms with Gasteiger partial charge in [0.15, 0.2) is 0 Å². The van der Waals surface area contributed by atoms with Crippen LogP contribution >= 0.6 is 0 Å². The Bertz CT molecular complexity index is 983. The second kappa shape index (κ2) is 6.83. The third kappa shape index (κ3) is 3.44. The summed E-state index contributed by atoms with van der Waals surface area (Å²) in [6.45, 7) is 5.78. The van der Waals surface area contributed by atoms with Crippen LogP contribution in [0.25, 0.3) is 0 Å². The Morgan fingerprint density at radius 3 is 2.50 bits per heavy atom. The largest absolute Gasteiger partial charge is 0.421 e. The van der Waals surface area contributed by atoms with Crippen molar-refractivity contribution in [3.8, 4) is 0 Å². The molecule has 4 rings (SSSR count). The minimum absolute atomic E-state index is 0.128. The van der Waals surface area contributed by atoms with Gasteiger partial charge in [-0.2, -0.15) is 33.3 Å². The summed E-state index contributed by atoms with van der Waals surface area (Å²) in [4.78, 5) is 5.77. The Labute approximate surface area is 171 Å². The fourth-order valence-electron chi connectivity index (χ4n) is 3.35. The zero-order valence-corrected chi connectivity index (χ0v) is 16.9. The number of halogens is 3. The number of rotatable bonds is 5. The summed E-state index contributed by atoms with van der Waals surface area (Å²) in [7, 11) is 0. The molecule has 9 nitrogen and oxygen atoms in total. The molecule has 2 aromatic heterocycles. The second-order valence-electron chi connectivity index (χ2n) is 7.93. The minimum Gasteiger partial charge on any atom is -0.370 e. The van der Waals surface area contributed by atoms with E-state index in [1.165, 1.54) is 4.80 Å². The molecule has 0 radical (unpaired) electrons. The summed E-state index contributed by atoms with van der Waals surface area (Å²) >= 11 is 0. The molecule has 30 heavy (non-hydrogen) atoms. The summed E-state index contributed by atoms with van der Waals surface area (Å²) in [5, 5.41) is 18.5. The van der Waals surface area contributed by atoms with Crippen molar-refractivity contribution in [1.82, 2.24) is 35.4 Å². The monoisotopic (exact) mass is 423 g/mol. The van der Waals surface area contributed by atoms with Gasteiger partial charge in [0.25, 0.3) is 0 Å². The van der Waals surface area contributed by atoms with Crippen LogP contribution in [0.15, 0.2) is 35.2 Å². The molecule has 4 N–H and O–H groups in total. The fraction of sp³-hybridized carbons (Fsp3) is 0.556. The maximum absolute atomic E-state index is 13.4. The SMILES string of the molecule is CCNC1=NC(N)(c2cc(C(C)(C)n3nccn3)nn2C2CC2)NC=C1C(F)(F)F. The molecule has 0 aromatic carbocycles. The lowest BCUT2D eigenvalue weighted by Crippen LogP contribution is -2.53. The van der Waals surface area contributed by atoms with E-state index < -0.39 is 23.1 Å². The molecule has 0 saturated heterocycles. The highest BCUT2D eigenvalue weighted by atomic mass is 19.4. The molecular weight excluding hydrogens is 399 g/mol. The topological polar surface area (TPSA) is 111 Å². The predicted molar refractivity (Wildman–Crippen MR) is 103 cm³/mol. The molecule has 2 aromatic rings. The van der Waals surface area contributed by atoms with Crippen molar-refractivity contribution >= 4 is 5.84 Å². The van der Waals surface area contributed by atoms with Crippen LogP contribution in [0.2, 0.25) is 0 Å². The summed E-state index contributed by atoms with van der Waals surface area (Å²) in [5.74, 6) is -1.90. The molecule has 0 bridgehead atoms. The minimum atomic E-state index is -4.56. The van der Waals surface area contributed by atoms with Gasteiger partial charge in [0, 0.05) is 12.7 Å². The van der Waals surface area contributed by atoms with Gasteiger partial charge in [0.05, 0.1) is 24.1 Å². The van der Waals surface area contributed by atoms with E-state index in [-0.39, 0.29) is 18.4 Å². The standard InChI is InChI=1S/C18H24F3N9/c1-4-23-15-12(17(19,20)21)10-24-18(22,27-15)14-9-13(28-29(14)11-5-6-11)16(2,3)30-25-7-8-26-30/h7-11,24H,4-6,22H2,1-3H3,(H,23,27). The first-order valence-electron chi connectivity index (χ1n) is 9.71. The van der Waals surface area contributed by atoms with Gasteiger partial charge in [-0.25, -0.2) is 4.99 Å². The van der Waals surface area contributed by atoms with Crippen LogP contribution < -0.4 is 16.4 Å². The molecule has 0 spiro atoms. The zero-order chi connectivity index (χ0) is 21.7. The highest BCUT2D eigenvalue weighted by Crippen LogP contribution is 2.40. The number of amidine groups is 1. The van der Waals surface area contributed by atoms with Crippen LogP contribution in [-0.4, -0.2) is 43.3 Å². The highest BCUT2D eigenvalue weighted by molar-refractivity contribution is 6.00. The third-order valence-electron chi connectivity index (χ3n) is 5.19. The van der Waals surface area contributed by atoms with Crippen LogP contribution in [0.4, 0.5) is 13.2 Å². The van der Waals surface area contributed by atoms with Crippen molar-refractivity contribution < 1.29 is 13.2 Å². The van der Waals surface area contributed by atoms with E-state index in [0.29, 0.717) is 11.4 Å². The van der Waals surface area contributed by atoms with Crippen molar-refractivity contribution in [3.63, 3.8) is 0 Å². The van der Waals surface area contributed by atoms with Crippen LogP contribution in [-0.2, 0) is 11.3 Å². The molecule has 1 atom stereocenters. The van der Waals surface area contributed by atoms with Crippen molar-refractivity contribution in [2.75, 3.05) is 6.54 Å². The quantitative estimate of drug-likeness (QED) is 0.675. The van der Waals surface area contributed by atoms with E-state index in [1.54, 1.807) is 30.1 Å². The predicted octanol–water partition coefficient (Wildman–Crippen LogP) is 1.72. The lowest BCUT2D eigenvalue weighted by molar-refractivity contribution is -0.0872. The first-order valence-corrected chi connectivity index (χ1v) is 9.71.